The number of benzene rings is 1. The summed E-state index contributed by atoms with van der Waals surface area (Å²) in [5.74, 6) is -1.94. The molecule has 0 aliphatic carbocycles. The first-order chi connectivity index (χ1) is 9.27. The van der Waals surface area contributed by atoms with Gasteiger partial charge in [-0.2, -0.15) is 4.31 Å². The number of aliphatic hydroxyl groups is 1. The zero-order chi connectivity index (χ0) is 15.1. The molecule has 1 aliphatic heterocycles. The second kappa shape index (κ2) is 5.04. The number of carboxylic acid groups (broad SMARTS) is 1. The van der Waals surface area contributed by atoms with Crippen LogP contribution < -0.4 is 0 Å². The highest BCUT2D eigenvalue weighted by atomic mass is 32.2. The zero-order valence-electron chi connectivity index (χ0n) is 10.8. The third kappa shape index (κ3) is 2.37. The Kier molecular flexibility index (Phi) is 3.72. The van der Waals surface area contributed by atoms with Crippen molar-refractivity contribution in [1.29, 1.82) is 0 Å². The lowest BCUT2D eigenvalue weighted by Gasteiger charge is -2.37. The van der Waals surface area contributed by atoms with Crippen LogP contribution in [0.3, 0.4) is 0 Å². The first kappa shape index (κ1) is 14.8. The van der Waals surface area contributed by atoms with E-state index in [1.165, 1.54) is 11.2 Å². The van der Waals surface area contributed by atoms with E-state index in [0.717, 1.165) is 12.1 Å². The second-order valence-electron chi connectivity index (χ2n) is 4.81. The second-order valence-corrected chi connectivity index (χ2v) is 6.72. The lowest BCUT2D eigenvalue weighted by Crippen LogP contribution is -2.51. The van der Waals surface area contributed by atoms with Crippen LogP contribution in [-0.4, -0.2) is 53.7 Å². The quantitative estimate of drug-likeness (QED) is 0.721. The third-order valence-electron chi connectivity index (χ3n) is 3.32. The van der Waals surface area contributed by atoms with Gasteiger partial charge in [0.1, 0.15) is 11.3 Å². The number of sulfonamides is 1. The SMILES string of the molecule is Cc1cc(O)c(C(=O)O)cc1S(=O)(=O)N1CC(CO)C1. The third-order valence-corrected chi connectivity index (χ3v) is 5.30. The van der Waals surface area contributed by atoms with Crippen LogP contribution in [0.15, 0.2) is 17.0 Å². The smallest absolute Gasteiger partial charge is 0.339 e. The van der Waals surface area contributed by atoms with E-state index >= 15 is 0 Å². The summed E-state index contributed by atoms with van der Waals surface area (Å²) in [4.78, 5) is 10.8. The minimum atomic E-state index is -3.80. The van der Waals surface area contributed by atoms with Gasteiger partial charge in [-0.25, -0.2) is 13.2 Å². The summed E-state index contributed by atoms with van der Waals surface area (Å²) in [6, 6.07) is 2.09. The fourth-order valence-electron chi connectivity index (χ4n) is 2.10. The average molecular weight is 301 g/mol. The molecule has 2 rings (SSSR count). The van der Waals surface area contributed by atoms with Crippen LogP contribution in [0.2, 0.25) is 0 Å². The molecule has 1 aromatic rings. The zero-order valence-corrected chi connectivity index (χ0v) is 11.6. The van der Waals surface area contributed by atoms with E-state index in [0.29, 0.717) is 0 Å². The minimum Gasteiger partial charge on any atom is -0.507 e. The van der Waals surface area contributed by atoms with Crippen LogP contribution in [0.25, 0.3) is 0 Å². The van der Waals surface area contributed by atoms with Crippen molar-refractivity contribution < 1.29 is 28.5 Å². The van der Waals surface area contributed by atoms with Crippen LogP contribution in [0.4, 0.5) is 0 Å². The summed E-state index contributed by atoms with van der Waals surface area (Å²) in [6.07, 6.45) is 0. The Hall–Kier alpha value is -1.64. The maximum Gasteiger partial charge on any atom is 0.339 e. The van der Waals surface area contributed by atoms with Gasteiger partial charge in [0.25, 0.3) is 0 Å². The molecule has 7 nitrogen and oxygen atoms in total. The average Bonchev–Trinajstić information content (AvgIpc) is 2.25. The molecule has 3 N–H and O–H groups in total. The molecule has 0 radical (unpaired) electrons. The van der Waals surface area contributed by atoms with E-state index in [4.69, 9.17) is 10.2 Å². The van der Waals surface area contributed by atoms with Gasteiger partial charge in [-0.05, 0) is 24.6 Å². The highest BCUT2D eigenvalue weighted by molar-refractivity contribution is 7.89. The molecule has 0 spiro atoms. The summed E-state index contributed by atoms with van der Waals surface area (Å²) in [5, 5.41) is 27.4. The highest BCUT2D eigenvalue weighted by Gasteiger charge is 2.37. The summed E-state index contributed by atoms with van der Waals surface area (Å²) >= 11 is 0. The Morgan fingerprint density at radius 2 is 2.00 bits per heavy atom. The van der Waals surface area contributed by atoms with Gasteiger partial charge >= 0.3 is 5.97 Å². The number of aliphatic hydroxyl groups excluding tert-OH is 1. The summed E-state index contributed by atoms with van der Waals surface area (Å²) in [6.45, 7) is 1.83. The van der Waals surface area contributed by atoms with Crippen molar-refractivity contribution in [2.45, 2.75) is 11.8 Å². The molecular weight excluding hydrogens is 286 g/mol. The number of hydrogen-bond donors (Lipinski definition) is 3. The molecule has 0 amide bonds. The minimum absolute atomic E-state index is 0.0823. The molecule has 0 atom stereocenters. The lowest BCUT2D eigenvalue weighted by atomic mass is 10.1. The van der Waals surface area contributed by atoms with Crippen molar-refractivity contribution in [1.82, 2.24) is 4.31 Å². The predicted octanol–water partition coefficient (Wildman–Crippen LogP) is 0.0116. The monoisotopic (exact) mass is 301 g/mol. The number of aryl methyl sites for hydroxylation is 1. The van der Waals surface area contributed by atoms with Gasteiger partial charge in [0.2, 0.25) is 10.0 Å². The Bertz CT molecular complexity index is 648. The van der Waals surface area contributed by atoms with E-state index in [2.05, 4.69) is 0 Å². The molecule has 8 heteroatoms. The van der Waals surface area contributed by atoms with E-state index in [1.54, 1.807) is 0 Å². The van der Waals surface area contributed by atoms with Gasteiger partial charge in [-0.1, -0.05) is 0 Å². The first-order valence-corrected chi connectivity index (χ1v) is 7.39. The largest absolute Gasteiger partial charge is 0.507 e. The number of rotatable bonds is 4. The topological polar surface area (TPSA) is 115 Å². The van der Waals surface area contributed by atoms with E-state index in [9.17, 15) is 18.3 Å². The molecule has 1 fully saturated rings. The number of aromatic hydroxyl groups is 1. The first-order valence-electron chi connectivity index (χ1n) is 5.95. The lowest BCUT2D eigenvalue weighted by molar-refractivity contribution is 0.0693. The molecule has 1 saturated heterocycles. The molecule has 20 heavy (non-hydrogen) atoms. The van der Waals surface area contributed by atoms with Crippen LogP contribution in [0, 0.1) is 12.8 Å². The van der Waals surface area contributed by atoms with Gasteiger partial charge in [0.15, 0.2) is 0 Å². The maximum absolute atomic E-state index is 12.4. The Morgan fingerprint density at radius 1 is 1.40 bits per heavy atom. The van der Waals surface area contributed by atoms with Crippen LogP contribution in [-0.2, 0) is 10.0 Å². The number of nitrogens with zero attached hydrogens (tertiary/aromatic N) is 1. The maximum atomic E-state index is 12.4. The van der Waals surface area contributed by atoms with Gasteiger partial charge in [0, 0.05) is 25.6 Å². The van der Waals surface area contributed by atoms with E-state index < -0.39 is 27.3 Å². The number of carboxylic acids is 1. The fraction of sp³-hybridized carbons (Fsp3) is 0.417. The van der Waals surface area contributed by atoms with E-state index in [1.807, 2.05) is 0 Å². The van der Waals surface area contributed by atoms with Crippen LogP contribution in [0.5, 0.6) is 5.75 Å². The molecule has 0 bridgehead atoms. The van der Waals surface area contributed by atoms with Crippen molar-refractivity contribution in [2.24, 2.45) is 5.92 Å². The van der Waals surface area contributed by atoms with Crippen molar-refractivity contribution in [3.05, 3.63) is 23.3 Å². The van der Waals surface area contributed by atoms with Crippen LogP contribution in [0.1, 0.15) is 15.9 Å². The molecule has 110 valence electrons. The molecule has 1 aliphatic rings. The standard InChI is InChI=1S/C12H15NO6S/c1-7-2-10(15)9(12(16)17)3-11(7)20(18,19)13-4-8(5-13)6-14/h2-3,8,14-15H,4-6H2,1H3,(H,16,17). The Labute approximate surface area is 116 Å². The number of phenols is 1. The normalized spacial score (nSPS) is 16.9. The Morgan fingerprint density at radius 3 is 2.50 bits per heavy atom. The van der Waals surface area contributed by atoms with Crippen molar-refractivity contribution in [2.75, 3.05) is 19.7 Å². The van der Waals surface area contributed by atoms with Gasteiger partial charge in [0.05, 0.1) is 4.90 Å². The molecule has 1 aromatic carbocycles. The summed E-state index contributed by atoms with van der Waals surface area (Å²) in [7, 11) is -3.80. The number of hydrogen-bond acceptors (Lipinski definition) is 5. The number of aromatic carboxylic acids is 1. The fourth-order valence-corrected chi connectivity index (χ4v) is 3.92. The number of carbonyl (C=O) groups is 1. The predicted molar refractivity (Wildman–Crippen MR) is 69.1 cm³/mol. The van der Waals surface area contributed by atoms with Gasteiger partial charge in [-0.3, -0.25) is 0 Å². The van der Waals surface area contributed by atoms with Gasteiger partial charge < -0.3 is 15.3 Å². The summed E-state index contributed by atoms with van der Waals surface area (Å²) < 4.78 is 25.9. The molecule has 0 unspecified atom stereocenters. The molecule has 0 aromatic heterocycles. The van der Waals surface area contributed by atoms with Gasteiger partial charge in [-0.15, -0.1) is 0 Å². The van der Waals surface area contributed by atoms with E-state index in [-0.39, 0.29) is 36.1 Å². The Balaban J connectivity index is 2.42. The van der Waals surface area contributed by atoms with Crippen molar-refractivity contribution in [3.63, 3.8) is 0 Å². The molecule has 0 saturated carbocycles. The summed E-state index contributed by atoms with van der Waals surface area (Å²) in [5.41, 5.74) is -0.173. The highest BCUT2D eigenvalue weighted by Crippen LogP contribution is 2.30. The van der Waals surface area contributed by atoms with Crippen molar-refractivity contribution >= 4 is 16.0 Å². The van der Waals surface area contributed by atoms with Crippen LogP contribution >= 0.6 is 0 Å². The van der Waals surface area contributed by atoms with Crippen molar-refractivity contribution in [3.8, 4) is 5.75 Å². The molecular formula is C12H15NO6S. The molecule has 1 heterocycles.